The minimum Gasteiger partial charge on any atom is -0.491 e. The van der Waals surface area contributed by atoms with E-state index in [2.05, 4.69) is 7.05 Å². The quantitative estimate of drug-likeness (QED) is 0.396. The lowest BCUT2D eigenvalue weighted by Crippen LogP contribution is -2.49. The van der Waals surface area contributed by atoms with E-state index in [9.17, 15) is 9.46 Å². The molecule has 27 heavy (non-hydrogen) atoms. The Kier molecular flexibility index (Phi) is 6.90. The molecule has 2 aromatic carbocycles. The molecule has 0 aromatic heterocycles. The number of nitrogens with zero attached hydrogens (tertiary/aromatic N) is 1. The largest absolute Gasteiger partial charge is 0.491 e. The number of likely N-dealkylation sites (tertiary alicyclic amines) is 1. The van der Waals surface area contributed by atoms with Crippen LogP contribution < -0.4 is 4.74 Å². The van der Waals surface area contributed by atoms with Gasteiger partial charge >= 0.3 is 7.82 Å². The van der Waals surface area contributed by atoms with Crippen LogP contribution in [0.3, 0.4) is 0 Å². The van der Waals surface area contributed by atoms with Crippen molar-refractivity contribution in [2.75, 3.05) is 46.5 Å². The highest BCUT2D eigenvalue weighted by Gasteiger charge is 2.27. The van der Waals surface area contributed by atoms with Crippen molar-refractivity contribution in [2.24, 2.45) is 0 Å². The summed E-state index contributed by atoms with van der Waals surface area (Å²) in [6.07, 6.45) is 3.68. The minimum absolute atomic E-state index is 0.00721. The molecule has 7 heteroatoms. The summed E-state index contributed by atoms with van der Waals surface area (Å²) in [5.74, 6) is 0.702. The molecule has 1 N–H and O–H groups in total. The fourth-order valence-corrected chi connectivity index (χ4v) is 4.17. The van der Waals surface area contributed by atoms with Gasteiger partial charge in [0.2, 0.25) is 0 Å². The van der Waals surface area contributed by atoms with E-state index in [1.165, 1.54) is 19.3 Å². The average Bonchev–Trinajstić information content (AvgIpc) is 2.65. The first kappa shape index (κ1) is 20.3. The summed E-state index contributed by atoms with van der Waals surface area (Å²) in [5.41, 5.74) is 0. The van der Waals surface area contributed by atoms with Crippen LogP contribution in [0.2, 0.25) is 0 Å². The maximum absolute atomic E-state index is 12.0. The summed E-state index contributed by atoms with van der Waals surface area (Å²) in [6.45, 7) is 3.31. The predicted molar refractivity (Wildman–Crippen MR) is 106 cm³/mol. The molecule has 0 bridgehead atoms. The highest BCUT2D eigenvalue weighted by molar-refractivity contribution is 7.47. The first-order valence-corrected chi connectivity index (χ1v) is 11.0. The number of fused-ring (bicyclic) bond motifs is 1. The van der Waals surface area contributed by atoms with E-state index in [1.54, 1.807) is 0 Å². The summed E-state index contributed by atoms with van der Waals surface area (Å²) in [4.78, 5) is 9.82. The van der Waals surface area contributed by atoms with Crippen LogP contribution in [-0.2, 0) is 13.6 Å². The van der Waals surface area contributed by atoms with Crippen molar-refractivity contribution in [3.8, 4) is 5.75 Å². The second-order valence-electron chi connectivity index (χ2n) is 7.34. The molecule has 1 atom stereocenters. The third-order valence-electron chi connectivity index (χ3n) is 5.11. The van der Waals surface area contributed by atoms with Gasteiger partial charge < -0.3 is 14.1 Å². The Morgan fingerprint density at radius 1 is 0.963 bits per heavy atom. The second kappa shape index (κ2) is 9.18. The van der Waals surface area contributed by atoms with Crippen molar-refractivity contribution >= 4 is 18.6 Å². The Hall–Kier alpha value is -1.43. The molecule has 0 radical (unpaired) electrons. The van der Waals surface area contributed by atoms with Gasteiger partial charge in [0.15, 0.2) is 0 Å². The van der Waals surface area contributed by atoms with Crippen molar-refractivity contribution < 1.29 is 27.7 Å². The van der Waals surface area contributed by atoms with Crippen LogP contribution in [0.25, 0.3) is 10.8 Å². The maximum atomic E-state index is 12.0. The number of phosphoric ester groups is 1. The second-order valence-corrected chi connectivity index (χ2v) is 8.80. The number of quaternary nitrogens is 1. The smallest absolute Gasteiger partial charge is 0.472 e. The van der Waals surface area contributed by atoms with E-state index in [1.807, 2.05) is 42.5 Å². The zero-order valence-corrected chi connectivity index (χ0v) is 16.8. The lowest BCUT2D eigenvalue weighted by Gasteiger charge is -2.37. The van der Waals surface area contributed by atoms with Crippen LogP contribution in [0.4, 0.5) is 0 Å². The normalized spacial score (nSPS) is 18.9. The lowest BCUT2D eigenvalue weighted by atomic mass is 10.1. The van der Waals surface area contributed by atoms with Crippen LogP contribution in [0.1, 0.15) is 19.3 Å². The molecule has 1 saturated heterocycles. The number of hydrogen-bond acceptors (Lipinski definition) is 4. The van der Waals surface area contributed by atoms with Gasteiger partial charge in [0.1, 0.15) is 25.5 Å². The highest BCUT2D eigenvalue weighted by Crippen LogP contribution is 2.43. The van der Waals surface area contributed by atoms with Crippen molar-refractivity contribution in [2.45, 2.75) is 19.3 Å². The molecular formula is C20H29NO5P+. The minimum atomic E-state index is -4.04. The zero-order chi connectivity index (χ0) is 19.2. The molecule has 3 rings (SSSR count). The van der Waals surface area contributed by atoms with Gasteiger partial charge in [0, 0.05) is 0 Å². The van der Waals surface area contributed by atoms with Crippen molar-refractivity contribution in [1.82, 2.24) is 0 Å². The molecule has 1 heterocycles. The Bertz CT molecular complexity index is 791. The Balaban J connectivity index is 1.37. The predicted octanol–water partition coefficient (Wildman–Crippen LogP) is 3.98. The lowest BCUT2D eigenvalue weighted by molar-refractivity contribution is -0.914. The first-order valence-electron chi connectivity index (χ1n) is 9.53. The van der Waals surface area contributed by atoms with Gasteiger partial charge in [0.05, 0.1) is 26.7 Å². The van der Waals surface area contributed by atoms with Crippen LogP contribution in [0.5, 0.6) is 5.75 Å². The first-order chi connectivity index (χ1) is 13.0. The molecule has 148 valence electrons. The molecule has 0 spiro atoms. The Morgan fingerprint density at radius 3 is 2.44 bits per heavy atom. The van der Waals surface area contributed by atoms with E-state index in [4.69, 9.17) is 13.8 Å². The number of likely N-dealkylation sites (N-methyl/N-ethyl adjacent to an activating group) is 1. The van der Waals surface area contributed by atoms with Gasteiger partial charge in [-0.3, -0.25) is 9.05 Å². The summed E-state index contributed by atoms with van der Waals surface area (Å²) in [6, 6.07) is 13.8. The maximum Gasteiger partial charge on any atom is 0.472 e. The van der Waals surface area contributed by atoms with Crippen LogP contribution >= 0.6 is 7.82 Å². The fraction of sp³-hybridized carbons (Fsp3) is 0.500. The fourth-order valence-electron chi connectivity index (χ4n) is 3.48. The molecule has 1 aliphatic heterocycles. The molecule has 6 nitrogen and oxygen atoms in total. The number of phosphoric acid groups is 1. The topological polar surface area (TPSA) is 65.0 Å². The number of piperidine rings is 1. The SMILES string of the molecule is C[N+]1(CCOP(=O)(O)OCCOc2ccc3ccccc3c2)CCCCC1. The van der Waals surface area contributed by atoms with Crippen molar-refractivity contribution in [1.29, 1.82) is 0 Å². The van der Waals surface area contributed by atoms with Crippen LogP contribution in [0, 0.1) is 0 Å². The molecule has 1 fully saturated rings. The molecular weight excluding hydrogens is 365 g/mol. The zero-order valence-electron chi connectivity index (χ0n) is 15.9. The summed E-state index contributed by atoms with van der Waals surface area (Å²) >= 11 is 0. The Labute approximate surface area is 160 Å². The number of rotatable bonds is 9. The van der Waals surface area contributed by atoms with E-state index >= 15 is 0 Å². The van der Waals surface area contributed by atoms with Gasteiger partial charge in [-0.1, -0.05) is 30.3 Å². The molecule has 2 aromatic rings. The summed E-state index contributed by atoms with van der Waals surface area (Å²) in [5, 5.41) is 2.22. The van der Waals surface area contributed by atoms with Gasteiger partial charge in [-0.05, 0) is 42.2 Å². The number of hydrogen-bond donors (Lipinski definition) is 1. The van der Waals surface area contributed by atoms with Crippen molar-refractivity contribution in [3.63, 3.8) is 0 Å². The van der Waals surface area contributed by atoms with Crippen molar-refractivity contribution in [3.05, 3.63) is 42.5 Å². The summed E-state index contributed by atoms with van der Waals surface area (Å²) < 4.78 is 28.6. The summed E-state index contributed by atoms with van der Waals surface area (Å²) in [7, 11) is -1.87. The average molecular weight is 394 g/mol. The monoisotopic (exact) mass is 394 g/mol. The van der Waals surface area contributed by atoms with E-state index in [-0.39, 0.29) is 19.8 Å². The molecule has 0 amide bonds. The van der Waals surface area contributed by atoms with E-state index in [0.29, 0.717) is 5.75 Å². The Morgan fingerprint density at radius 2 is 1.67 bits per heavy atom. The molecule has 1 aliphatic rings. The van der Waals surface area contributed by atoms with Gasteiger partial charge in [-0.2, -0.15) is 0 Å². The number of ether oxygens (including phenoxy) is 1. The van der Waals surface area contributed by atoms with Crippen LogP contribution in [-0.4, -0.2) is 55.9 Å². The number of benzene rings is 2. The standard InChI is InChI=1S/C20H28NO5P/c1-21(11-5-2-6-12-21)13-14-25-27(22,23)26-16-15-24-20-10-9-18-7-3-4-8-19(18)17-20/h3-4,7-10,17H,2,5-6,11-16H2,1H3/p+1. The highest BCUT2D eigenvalue weighted by atomic mass is 31.2. The third-order valence-corrected chi connectivity index (χ3v) is 6.13. The molecule has 1 unspecified atom stereocenters. The molecule has 0 saturated carbocycles. The van der Waals surface area contributed by atoms with Gasteiger partial charge in [0.25, 0.3) is 0 Å². The van der Waals surface area contributed by atoms with Gasteiger partial charge in [-0.15, -0.1) is 0 Å². The van der Waals surface area contributed by atoms with Crippen LogP contribution in [0.15, 0.2) is 42.5 Å². The van der Waals surface area contributed by atoms with E-state index in [0.717, 1.165) is 34.9 Å². The third kappa shape index (κ3) is 6.30. The van der Waals surface area contributed by atoms with E-state index < -0.39 is 7.82 Å². The van der Waals surface area contributed by atoms with Gasteiger partial charge in [-0.25, -0.2) is 4.57 Å². The molecule has 0 aliphatic carbocycles.